The number of fused-ring (bicyclic) bond motifs is 1. The summed E-state index contributed by atoms with van der Waals surface area (Å²) in [5.74, 6) is -0.767. The van der Waals surface area contributed by atoms with Crippen molar-refractivity contribution in [2.75, 3.05) is 0 Å². The minimum atomic E-state index is -4.53. The lowest BCUT2D eigenvalue weighted by molar-refractivity contribution is -0.137. The first-order valence-corrected chi connectivity index (χ1v) is 8.72. The van der Waals surface area contributed by atoms with Crippen molar-refractivity contribution in [3.63, 3.8) is 0 Å². The van der Waals surface area contributed by atoms with Gasteiger partial charge in [-0.1, -0.05) is 17.7 Å². The van der Waals surface area contributed by atoms with Crippen molar-refractivity contribution >= 4 is 17.4 Å². The van der Waals surface area contributed by atoms with Crippen LogP contribution < -0.4 is 0 Å². The van der Waals surface area contributed by atoms with E-state index in [-0.39, 0.29) is 47.5 Å². The summed E-state index contributed by atoms with van der Waals surface area (Å²) in [7, 11) is 0. The molecule has 0 fully saturated rings. The second-order valence-electron chi connectivity index (χ2n) is 6.52. The number of benzene rings is 1. The Bertz CT molecular complexity index is 871. The number of alkyl halides is 4. The molecule has 0 unspecified atom stereocenters. The van der Waals surface area contributed by atoms with Crippen LogP contribution in [0.4, 0.5) is 17.6 Å². The number of pyridine rings is 1. The Morgan fingerprint density at radius 2 is 2.07 bits per heavy atom. The fraction of sp³-hybridized carbons (Fsp3) is 0.368. The van der Waals surface area contributed by atoms with Crippen LogP contribution in [-0.2, 0) is 23.1 Å². The summed E-state index contributed by atoms with van der Waals surface area (Å²) in [6, 6.07) is 5.73. The van der Waals surface area contributed by atoms with Crippen molar-refractivity contribution in [3.8, 4) is 0 Å². The highest BCUT2D eigenvalue weighted by molar-refractivity contribution is 6.31. The summed E-state index contributed by atoms with van der Waals surface area (Å²) < 4.78 is 54.0. The minimum absolute atomic E-state index is 0.0175. The van der Waals surface area contributed by atoms with Gasteiger partial charge in [-0.15, -0.1) is 0 Å². The maximum atomic E-state index is 15.5. The molecule has 0 radical (unpaired) electrons. The van der Waals surface area contributed by atoms with Crippen LogP contribution in [0.15, 0.2) is 36.5 Å². The summed E-state index contributed by atoms with van der Waals surface area (Å²) >= 11 is 5.93. The third kappa shape index (κ3) is 3.84. The Hall–Kier alpha value is -1.99. The smallest absolute Gasteiger partial charge is 0.387 e. The normalized spacial score (nSPS) is 22.4. The highest BCUT2D eigenvalue weighted by atomic mass is 35.5. The number of carbonyl (C=O) groups is 1. The summed E-state index contributed by atoms with van der Waals surface area (Å²) in [6.07, 6.45) is -4.68. The van der Waals surface area contributed by atoms with Crippen LogP contribution in [0.3, 0.4) is 0 Å². The van der Waals surface area contributed by atoms with Gasteiger partial charge in [0.15, 0.2) is 11.5 Å². The molecule has 0 spiro atoms. The number of hydrogen-bond donors (Lipinski definition) is 1. The molecule has 2 aromatic rings. The molecule has 3 rings (SSSR count). The number of aliphatic hydroxyl groups excluding tert-OH is 1. The van der Waals surface area contributed by atoms with Crippen LogP contribution in [0.1, 0.15) is 47.8 Å². The maximum Gasteiger partial charge on any atom is 0.416 e. The molecule has 0 amide bonds. The number of ketones is 1. The SMILES string of the molecule is O=C(CCc1cc(C(F)(F)F)ccc1Cl)[C@]1(F)CC[C@H](O)c2ncccc21. The Labute approximate surface area is 158 Å². The topological polar surface area (TPSA) is 50.2 Å². The third-order valence-electron chi connectivity index (χ3n) is 4.78. The monoisotopic (exact) mass is 401 g/mol. The molecule has 1 aromatic carbocycles. The van der Waals surface area contributed by atoms with Gasteiger partial charge in [-0.05, 0) is 49.1 Å². The molecule has 1 N–H and O–H groups in total. The average molecular weight is 402 g/mol. The molecule has 2 atom stereocenters. The van der Waals surface area contributed by atoms with Crippen molar-refractivity contribution < 1.29 is 27.5 Å². The lowest BCUT2D eigenvalue weighted by Gasteiger charge is -2.32. The number of hydrogen-bond acceptors (Lipinski definition) is 3. The predicted molar refractivity (Wildman–Crippen MR) is 91.0 cm³/mol. The molecule has 1 aliphatic rings. The van der Waals surface area contributed by atoms with Crippen LogP contribution in [0, 0.1) is 0 Å². The largest absolute Gasteiger partial charge is 0.416 e. The van der Waals surface area contributed by atoms with Gasteiger partial charge in [0.2, 0.25) is 0 Å². The van der Waals surface area contributed by atoms with Gasteiger partial charge in [-0.2, -0.15) is 13.2 Å². The van der Waals surface area contributed by atoms with Gasteiger partial charge in [0.25, 0.3) is 0 Å². The lowest BCUT2D eigenvalue weighted by atomic mass is 9.77. The van der Waals surface area contributed by atoms with Crippen LogP contribution in [0.5, 0.6) is 0 Å². The number of aliphatic hydroxyl groups is 1. The van der Waals surface area contributed by atoms with Crippen molar-refractivity contribution in [2.24, 2.45) is 0 Å². The highest BCUT2D eigenvalue weighted by Crippen LogP contribution is 2.43. The van der Waals surface area contributed by atoms with Crippen LogP contribution >= 0.6 is 11.6 Å². The van der Waals surface area contributed by atoms with E-state index in [9.17, 15) is 23.1 Å². The Morgan fingerprint density at radius 3 is 2.78 bits per heavy atom. The van der Waals surface area contributed by atoms with E-state index < -0.39 is 29.3 Å². The van der Waals surface area contributed by atoms with Crippen LogP contribution in [0.2, 0.25) is 5.02 Å². The number of nitrogens with zero attached hydrogens (tertiary/aromatic N) is 1. The molecule has 1 aromatic heterocycles. The minimum Gasteiger partial charge on any atom is -0.387 e. The summed E-state index contributed by atoms with van der Waals surface area (Å²) in [5, 5.41) is 10.0. The zero-order valence-corrected chi connectivity index (χ0v) is 14.8. The number of aromatic nitrogens is 1. The van der Waals surface area contributed by atoms with Crippen LogP contribution in [-0.4, -0.2) is 15.9 Å². The van der Waals surface area contributed by atoms with E-state index in [4.69, 9.17) is 11.6 Å². The van der Waals surface area contributed by atoms with E-state index in [2.05, 4.69) is 4.98 Å². The molecule has 0 aliphatic heterocycles. The number of aryl methyl sites for hydroxylation is 1. The molecule has 3 nitrogen and oxygen atoms in total. The quantitative estimate of drug-likeness (QED) is 0.738. The van der Waals surface area contributed by atoms with Crippen LogP contribution in [0.25, 0.3) is 0 Å². The molecule has 144 valence electrons. The lowest BCUT2D eigenvalue weighted by Crippen LogP contribution is -2.36. The standard InChI is InChI=1S/C19H16ClF4NO2/c20-14-5-4-12(19(22,23)24)10-11(14)3-6-16(27)18(21)8-7-15(26)17-13(18)2-1-9-25-17/h1-2,4-5,9-10,15,26H,3,6-8H2/t15-,18-/m0/s1. The first-order valence-electron chi connectivity index (χ1n) is 8.34. The molecular formula is C19H16ClF4NO2. The van der Waals surface area contributed by atoms with Crippen molar-refractivity contribution in [3.05, 3.63) is 63.9 Å². The first-order chi connectivity index (χ1) is 12.6. The Kier molecular flexibility index (Phi) is 5.27. The molecule has 1 heterocycles. The van der Waals surface area contributed by atoms with Crippen molar-refractivity contribution in [2.45, 2.75) is 43.6 Å². The van der Waals surface area contributed by atoms with Gasteiger partial charge in [0.1, 0.15) is 0 Å². The van der Waals surface area contributed by atoms with E-state index in [1.807, 2.05) is 0 Å². The molecule has 0 saturated heterocycles. The molecular weight excluding hydrogens is 386 g/mol. The van der Waals surface area contributed by atoms with Gasteiger partial charge < -0.3 is 5.11 Å². The average Bonchev–Trinajstić information content (AvgIpc) is 2.63. The van der Waals surface area contributed by atoms with E-state index in [0.29, 0.717) is 0 Å². The maximum absolute atomic E-state index is 15.5. The zero-order chi connectivity index (χ0) is 19.8. The van der Waals surface area contributed by atoms with Crippen molar-refractivity contribution in [1.82, 2.24) is 4.98 Å². The van der Waals surface area contributed by atoms with Gasteiger partial charge >= 0.3 is 6.18 Å². The molecule has 8 heteroatoms. The first kappa shape index (κ1) is 19.8. The van der Waals surface area contributed by atoms with E-state index in [1.54, 1.807) is 0 Å². The van der Waals surface area contributed by atoms with Crippen molar-refractivity contribution in [1.29, 1.82) is 0 Å². The van der Waals surface area contributed by atoms with E-state index in [0.717, 1.165) is 18.2 Å². The summed E-state index contributed by atoms with van der Waals surface area (Å²) in [4.78, 5) is 16.6. The molecule has 27 heavy (non-hydrogen) atoms. The predicted octanol–water partition coefficient (Wildman–Crippen LogP) is 4.95. The summed E-state index contributed by atoms with van der Waals surface area (Å²) in [6.45, 7) is 0. The number of carbonyl (C=O) groups excluding carboxylic acids is 1. The molecule has 1 aliphatic carbocycles. The zero-order valence-electron chi connectivity index (χ0n) is 14.1. The molecule has 0 saturated carbocycles. The number of Topliss-reactive ketones (excluding diaryl/α,β-unsaturated/α-hetero) is 1. The Balaban J connectivity index is 1.82. The molecule has 0 bridgehead atoms. The van der Waals surface area contributed by atoms with E-state index in [1.165, 1.54) is 18.3 Å². The fourth-order valence-electron chi connectivity index (χ4n) is 3.30. The highest BCUT2D eigenvalue weighted by Gasteiger charge is 2.46. The third-order valence-corrected chi connectivity index (χ3v) is 5.15. The fourth-order valence-corrected chi connectivity index (χ4v) is 3.52. The van der Waals surface area contributed by atoms with Gasteiger partial charge in [-0.25, -0.2) is 4.39 Å². The van der Waals surface area contributed by atoms with E-state index >= 15 is 4.39 Å². The van der Waals surface area contributed by atoms with Gasteiger partial charge in [0.05, 0.1) is 17.4 Å². The Morgan fingerprint density at radius 1 is 1.33 bits per heavy atom. The number of rotatable bonds is 4. The second kappa shape index (κ2) is 7.20. The second-order valence-corrected chi connectivity index (χ2v) is 6.93. The number of halogens is 5. The summed E-state index contributed by atoms with van der Waals surface area (Å²) in [5.41, 5.74) is -2.93. The van der Waals surface area contributed by atoms with Gasteiger partial charge in [0, 0.05) is 23.2 Å². The van der Waals surface area contributed by atoms with Gasteiger partial charge in [-0.3, -0.25) is 9.78 Å².